The molecule has 0 heterocycles. The van der Waals surface area contributed by atoms with Gasteiger partial charge in [-0.2, -0.15) is 0 Å². The van der Waals surface area contributed by atoms with Crippen molar-refractivity contribution in [3.8, 4) is 0 Å². The molecule has 0 aliphatic rings. The lowest BCUT2D eigenvalue weighted by atomic mass is 10.3. The van der Waals surface area contributed by atoms with Crippen LogP contribution in [-0.2, 0) is 4.79 Å². The third kappa shape index (κ3) is 22.5. The molecular weight excluding hydrogens is 178 g/mol. The Morgan fingerprint density at radius 3 is 2.00 bits per heavy atom. The van der Waals surface area contributed by atoms with Crippen LogP contribution in [0.4, 0.5) is 0 Å². The molecule has 4 nitrogen and oxygen atoms in total. The molecule has 0 aliphatic carbocycles. The summed E-state index contributed by atoms with van der Waals surface area (Å²) in [6, 6.07) is 0.796. The molecule has 4 heteroatoms. The molecule has 1 amide bonds. The van der Waals surface area contributed by atoms with E-state index in [9.17, 15) is 4.79 Å². The highest BCUT2D eigenvalue weighted by Crippen LogP contribution is 1.79. The van der Waals surface area contributed by atoms with Crippen LogP contribution in [-0.4, -0.2) is 31.6 Å². The second-order valence-corrected chi connectivity index (χ2v) is 3.78. The Morgan fingerprint density at radius 1 is 1.29 bits per heavy atom. The zero-order valence-corrected chi connectivity index (χ0v) is 10.1. The molecule has 0 aromatic rings. The summed E-state index contributed by atoms with van der Waals surface area (Å²) in [6.07, 6.45) is 0.564. The number of hydrogen-bond donors (Lipinski definition) is 3. The summed E-state index contributed by atoms with van der Waals surface area (Å²) in [6.45, 7) is 8.77. The number of rotatable bonds is 4. The zero-order valence-electron chi connectivity index (χ0n) is 10.1. The van der Waals surface area contributed by atoms with E-state index in [1.54, 1.807) is 7.05 Å². The Labute approximate surface area is 87.6 Å². The van der Waals surface area contributed by atoms with Crippen molar-refractivity contribution in [2.24, 2.45) is 5.73 Å². The van der Waals surface area contributed by atoms with E-state index in [4.69, 9.17) is 5.73 Å². The highest BCUT2D eigenvalue weighted by molar-refractivity contribution is 5.75. The van der Waals surface area contributed by atoms with E-state index in [0.29, 0.717) is 18.5 Å². The van der Waals surface area contributed by atoms with Crippen molar-refractivity contribution in [2.45, 2.75) is 46.2 Å². The van der Waals surface area contributed by atoms with Crippen molar-refractivity contribution in [1.82, 2.24) is 10.6 Å². The van der Waals surface area contributed by atoms with Gasteiger partial charge in [-0.1, -0.05) is 27.7 Å². The molecule has 0 saturated heterocycles. The normalized spacial score (nSPS) is 9.71. The number of carbonyl (C=O) groups excluding carboxylic acids is 1. The van der Waals surface area contributed by atoms with Crippen LogP contribution in [0.25, 0.3) is 0 Å². The minimum absolute atomic E-state index is 0.0909. The van der Waals surface area contributed by atoms with Gasteiger partial charge in [-0.25, -0.2) is 0 Å². The molecule has 0 fully saturated rings. The maximum absolute atomic E-state index is 10.6. The van der Waals surface area contributed by atoms with Crippen LogP contribution in [0.3, 0.4) is 0 Å². The SMILES string of the molecule is CC(C)N.CNC(=O)CCNC(C)C. The molecule has 0 rings (SSSR count). The maximum atomic E-state index is 10.6. The zero-order chi connectivity index (χ0) is 11.6. The van der Waals surface area contributed by atoms with Crippen LogP contribution >= 0.6 is 0 Å². The monoisotopic (exact) mass is 203 g/mol. The molecule has 0 aromatic heterocycles. The highest BCUT2D eigenvalue weighted by Gasteiger charge is 1.96. The number of nitrogens with one attached hydrogen (secondary N) is 2. The predicted molar refractivity (Wildman–Crippen MR) is 61.1 cm³/mol. The molecule has 14 heavy (non-hydrogen) atoms. The van der Waals surface area contributed by atoms with Gasteiger partial charge < -0.3 is 16.4 Å². The molecule has 0 spiro atoms. The van der Waals surface area contributed by atoms with Gasteiger partial charge in [0, 0.05) is 26.1 Å². The van der Waals surface area contributed by atoms with Crippen molar-refractivity contribution >= 4 is 5.91 Å². The van der Waals surface area contributed by atoms with E-state index in [0.717, 1.165) is 6.54 Å². The van der Waals surface area contributed by atoms with Crippen molar-refractivity contribution in [3.63, 3.8) is 0 Å². The third-order valence-corrected chi connectivity index (χ3v) is 1.18. The summed E-state index contributed by atoms with van der Waals surface area (Å²) in [5, 5.41) is 5.71. The lowest BCUT2D eigenvalue weighted by Gasteiger charge is -2.05. The first-order chi connectivity index (χ1) is 6.40. The Balaban J connectivity index is 0. The molecule has 4 N–H and O–H groups in total. The molecule has 0 aliphatic heterocycles. The van der Waals surface area contributed by atoms with Gasteiger partial charge in [-0.15, -0.1) is 0 Å². The Morgan fingerprint density at radius 2 is 1.71 bits per heavy atom. The van der Waals surface area contributed by atoms with Crippen molar-refractivity contribution < 1.29 is 4.79 Å². The van der Waals surface area contributed by atoms with Gasteiger partial charge in [0.15, 0.2) is 0 Å². The summed E-state index contributed by atoms with van der Waals surface area (Å²) in [7, 11) is 1.65. The quantitative estimate of drug-likeness (QED) is 0.622. The van der Waals surface area contributed by atoms with Crippen molar-refractivity contribution in [3.05, 3.63) is 0 Å². The van der Waals surface area contributed by atoms with Crippen LogP contribution in [0, 0.1) is 0 Å². The lowest BCUT2D eigenvalue weighted by Crippen LogP contribution is -2.28. The fraction of sp³-hybridized carbons (Fsp3) is 0.900. The summed E-state index contributed by atoms with van der Waals surface area (Å²) >= 11 is 0. The average molecular weight is 203 g/mol. The third-order valence-electron chi connectivity index (χ3n) is 1.18. The van der Waals surface area contributed by atoms with Gasteiger partial charge in [-0.05, 0) is 6.04 Å². The summed E-state index contributed by atoms with van der Waals surface area (Å²) in [5.41, 5.74) is 5.11. The fourth-order valence-corrected chi connectivity index (χ4v) is 0.599. The minimum atomic E-state index is 0.0909. The second kappa shape index (κ2) is 10.5. The highest BCUT2D eigenvalue weighted by atomic mass is 16.1. The van der Waals surface area contributed by atoms with Crippen molar-refractivity contribution in [1.29, 1.82) is 0 Å². The molecule has 0 saturated carbocycles. The van der Waals surface area contributed by atoms with E-state index in [1.807, 2.05) is 13.8 Å². The van der Waals surface area contributed by atoms with E-state index in [1.165, 1.54) is 0 Å². The van der Waals surface area contributed by atoms with Gasteiger partial charge in [0.1, 0.15) is 0 Å². The van der Waals surface area contributed by atoms with Crippen LogP contribution in [0.15, 0.2) is 0 Å². The van der Waals surface area contributed by atoms with E-state index in [2.05, 4.69) is 24.5 Å². The van der Waals surface area contributed by atoms with Gasteiger partial charge in [-0.3, -0.25) is 4.79 Å². The predicted octanol–water partition coefficient (Wildman–Crippen LogP) is 0.474. The first-order valence-corrected chi connectivity index (χ1v) is 5.09. The first kappa shape index (κ1) is 15.8. The Bertz CT molecular complexity index is 133. The topological polar surface area (TPSA) is 67.1 Å². The molecule has 0 radical (unpaired) electrons. The molecule has 86 valence electrons. The standard InChI is InChI=1S/C7H16N2O.C3H9N/c1-6(2)9-5-4-7(10)8-3;1-3(2)4/h6,9H,4-5H2,1-3H3,(H,8,10);3H,4H2,1-2H3. The van der Waals surface area contributed by atoms with E-state index >= 15 is 0 Å². The number of hydrogen-bond acceptors (Lipinski definition) is 3. The average Bonchev–Trinajstić information content (AvgIpc) is 2.02. The van der Waals surface area contributed by atoms with Gasteiger partial charge in [0.05, 0.1) is 0 Å². The smallest absolute Gasteiger partial charge is 0.221 e. The molecule has 0 atom stereocenters. The summed E-state index contributed by atoms with van der Waals surface area (Å²) < 4.78 is 0. The molecule has 0 bridgehead atoms. The van der Waals surface area contributed by atoms with Gasteiger partial charge in [0.25, 0.3) is 0 Å². The summed E-state index contributed by atoms with van der Waals surface area (Å²) in [4.78, 5) is 10.6. The van der Waals surface area contributed by atoms with Crippen LogP contribution < -0.4 is 16.4 Å². The fourth-order valence-electron chi connectivity index (χ4n) is 0.599. The summed E-state index contributed by atoms with van der Waals surface area (Å²) in [5.74, 6) is 0.0909. The van der Waals surface area contributed by atoms with E-state index in [-0.39, 0.29) is 5.91 Å². The van der Waals surface area contributed by atoms with Crippen LogP contribution in [0.5, 0.6) is 0 Å². The maximum Gasteiger partial charge on any atom is 0.221 e. The largest absolute Gasteiger partial charge is 0.359 e. The Kier molecular flexibility index (Phi) is 11.9. The number of carbonyl (C=O) groups is 1. The number of amides is 1. The number of nitrogens with two attached hydrogens (primary N) is 1. The van der Waals surface area contributed by atoms with Gasteiger partial charge in [0.2, 0.25) is 5.91 Å². The molecule has 0 unspecified atom stereocenters. The minimum Gasteiger partial charge on any atom is -0.359 e. The van der Waals surface area contributed by atoms with Crippen LogP contribution in [0.2, 0.25) is 0 Å². The molecular formula is C10H25N3O. The molecule has 0 aromatic carbocycles. The van der Waals surface area contributed by atoms with E-state index < -0.39 is 0 Å². The van der Waals surface area contributed by atoms with Crippen molar-refractivity contribution in [2.75, 3.05) is 13.6 Å². The second-order valence-electron chi connectivity index (χ2n) is 3.78. The van der Waals surface area contributed by atoms with Crippen LogP contribution in [0.1, 0.15) is 34.1 Å². The van der Waals surface area contributed by atoms with Gasteiger partial charge >= 0.3 is 0 Å². The Hall–Kier alpha value is -0.610. The first-order valence-electron chi connectivity index (χ1n) is 5.09. The lowest BCUT2D eigenvalue weighted by molar-refractivity contribution is -0.120.